The number of aliphatic carboxylic acids is 1. The van der Waals surface area contributed by atoms with Gasteiger partial charge in [0, 0.05) is 10.2 Å². The highest BCUT2D eigenvalue weighted by molar-refractivity contribution is 9.10. The lowest BCUT2D eigenvalue weighted by Crippen LogP contribution is -2.25. The number of allylic oxidation sites excluding steroid dienone is 1. The lowest BCUT2D eigenvalue weighted by atomic mass is 10.0. The zero-order chi connectivity index (χ0) is 21.4. The number of aryl methyl sites for hydroxylation is 2. The van der Waals surface area contributed by atoms with Crippen LogP contribution in [0, 0.1) is 13.8 Å². The number of nitrogens with one attached hydrogen (secondary N) is 2. The van der Waals surface area contributed by atoms with Crippen molar-refractivity contribution in [3.8, 4) is 0 Å². The van der Waals surface area contributed by atoms with E-state index < -0.39 is 12.0 Å². The molecule has 3 aromatic rings. The summed E-state index contributed by atoms with van der Waals surface area (Å²) in [6.45, 7) is 3.97. The third-order valence-electron chi connectivity index (χ3n) is 5.10. The van der Waals surface area contributed by atoms with E-state index in [9.17, 15) is 14.7 Å². The molecule has 0 aliphatic carbocycles. The molecule has 0 radical (unpaired) electrons. The van der Waals surface area contributed by atoms with Gasteiger partial charge >= 0.3 is 5.97 Å². The van der Waals surface area contributed by atoms with Gasteiger partial charge in [0.05, 0.1) is 6.20 Å². The zero-order valence-electron chi connectivity index (χ0n) is 16.3. The number of carboxylic acids is 1. The van der Waals surface area contributed by atoms with Crippen molar-refractivity contribution in [3.63, 3.8) is 0 Å². The second-order valence-corrected chi connectivity index (χ2v) is 7.94. The fraction of sp³-hybridized carbons (Fsp3) is 0.136. The predicted octanol–water partition coefficient (Wildman–Crippen LogP) is 4.50. The van der Waals surface area contributed by atoms with E-state index in [2.05, 4.69) is 31.7 Å². The highest BCUT2D eigenvalue weighted by atomic mass is 79.9. The molecule has 1 unspecified atom stereocenters. The summed E-state index contributed by atoms with van der Waals surface area (Å²) in [6, 6.07) is 12.7. The second-order valence-electron chi connectivity index (χ2n) is 7.08. The van der Waals surface area contributed by atoms with Gasteiger partial charge in [-0.05, 0) is 54.8 Å². The Morgan fingerprint density at radius 1 is 1.17 bits per heavy atom. The minimum Gasteiger partial charge on any atom is -0.477 e. The van der Waals surface area contributed by atoms with Crippen molar-refractivity contribution < 1.29 is 14.7 Å². The van der Waals surface area contributed by atoms with E-state index in [1.165, 1.54) is 6.20 Å². The standard InChI is InChI=1S/C22H19BrN4O3/c1-12-7-8-14(9-13(12)2)25-21(28)16-11-24-27-19(15-5-3-4-6-17(15)23)10-18(22(29)30)26-20(16)27/h3-11,19,26H,1-2H3,(H,25,28)(H,29,30). The summed E-state index contributed by atoms with van der Waals surface area (Å²) >= 11 is 3.52. The summed E-state index contributed by atoms with van der Waals surface area (Å²) in [6.07, 6.45) is 3.02. The summed E-state index contributed by atoms with van der Waals surface area (Å²) in [5.41, 5.74) is 3.94. The summed E-state index contributed by atoms with van der Waals surface area (Å²) in [7, 11) is 0. The van der Waals surface area contributed by atoms with Crippen molar-refractivity contribution in [1.29, 1.82) is 0 Å². The van der Waals surface area contributed by atoms with Crippen LogP contribution in [0.2, 0.25) is 0 Å². The number of hydrogen-bond acceptors (Lipinski definition) is 4. The van der Waals surface area contributed by atoms with E-state index in [0.29, 0.717) is 11.5 Å². The van der Waals surface area contributed by atoms with Crippen LogP contribution in [-0.4, -0.2) is 26.8 Å². The van der Waals surface area contributed by atoms with Gasteiger partial charge in [-0.15, -0.1) is 0 Å². The van der Waals surface area contributed by atoms with Crippen LogP contribution >= 0.6 is 15.9 Å². The maximum Gasteiger partial charge on any atom is 0.352 e. The van der Waals surface area contributed by atoms with Gasteiger partial charge in [-0.2, -0.15) is 5.10 Å². The number of halogens is 1. The lowest BCUT2D eigenvalue weighted by molar-refractivity contribution is -0.132. The minimum atomic E-state index is -1.11. The summed E-state index contributed by atoms with van der Waals surface area (Å²) in [5, 5.41) is 19.7. The Balaban J connectivity index is 1.73. The average molecular weight is 467 g/mol. The number of nitrogens with zero attached hydrogens (tertiary/aromatic N) is 2. The first-order valence-electron chi connectivity index (χ1n) is 9.28. The van der Waals surface area contributed by atoms with Gasteiger partial charge in [-0.3, -0.25) is 4.79 Å². The van der Waals surface area contributed by atoms with Crippen molar-refractivity contribution in [1.82, 2.24) is 9.78 Å². The van der Waals surface area contributed by atoms with E-state index in [1.54, 1.807) is 10.8 Å². The molecule has 0 spiro atoms. The molecule has 2 heterocycles. The highest BCUT2D eigenvalue weighted by Crippen LogP contribution is 2.35. The monoisotopic (exact) mass is 466 g/mol. The SMILES string of the molecule is Cc1ccc(NC(=O)c2cnn3c2NC(C(=O)O)=CC3c2ccccc2Br)cc1C. The smallest absolute Gasteiger partial charge is 0.352 e. The zero-order valence-corrected chi connectivity index (χ0v) is 17.9. The van der Waals surface area contributed by atoms with Crippen molar-refractivity contribution in [3.05, 3.63) is 87.2 Å². The molecular weight excluding hydrogens is 448 g/mol. The van der Waals surface area contributed by atoms with E-state index >= 15 is 0 Å². The van der Waals surface area contributed by atoms with E-state index in [0.717, 1.165) is 21.2 Å². The van der Waals surface area contributed by atoms with E-state index in [-0.39, 0.29) is 17.2 Å². The van der Waals surface area contributed by atoms with Crippen molar-refractivity contribution in [2.24, 2.45) is 0 Å². The molecule has 2 aromatic carbocycles. The number of aromatic nitrogens is 2. The average Bonchev–Trinajstić information content (AvgIpc) is 3.15. The van der Waals surface area contributed by atoms with Gasteiger partial charge in [0.25, 0.3) is 5.91 Å². The molecule has 0 fully saturated rings. The van der Waals surface area contributed by atoms with Crippen LogP contribution < -0.4 is 10.6 Å². The molecule has 0 saturated heterocycles. The Hall–Kier alpha value is -3.39. The Morgan fingerprint density at radius 2 is 1.93 bits per heavy atom. The normalized spacial score (nSPS) is 15.0. The van der Waals surface area contributed by atoms with Crippen LogP contribution in [0.3, 0.4) is 0 Å². The number of fused-ring (bicyclic) bond motifs is 1. The van der Waals surface area contributed by atoms with E-state index in [1.807, 2.05) is 56.3 Å². The fourth-order valence-corrected chi connectivity index (χ4v) is 3.86. The van der Waals surface area contributed by atoms with Crippen LogP contribution in [0.25, 0.3) is 0 Å². The minimum absolute atomic E-state index is 0.0102. The second kappa shape index (κ2) is 7.79. The number of benzene rings is 2. The lowest BCUT2D eigenvalue weighted by Gasteiger charge is -2.25. The number of amides is 1. The van der Waals surface area contributed by atoms with Gasteiger partial charge in [0.2, 0.25) is 0 Å². The molecule has 0 saturated carbocycles. The quantitative estimate of drug-likeness (QED) is 0.525. The number of carboxylic acid groups (broad SMARTS) is 1. The van der Waals surface area contributed by atoms with Crippen LogP contribution in [0.15, 0.2) is 64.9 Å². The fourth-order valence-electron chi connectivity index (χ4n) is 3.34. The summed E-state index contributed by atoms with van der Waals surface area (Å²) in [5.74, 6) is -1.15. The maximum atomic E-state index is 12.9. The number of hydrogen-bond donors (Lipinski definition) is 3. The molecule has 0 bridgehead atoms. The molecule has 8 heteroatoms. The molecule has 7 nitrogen and oxygen atoms in total. The van der Waals surface area contributed by atoms with Gasteiger partial charge in [0.15, 0.2) is 0 Å². The first-order chi connectivity index (χ1) is 14.3. The van der Waals surface area contributed by atoms with Crippen molar-refractivity contribution in [2.75, 3.05) is 10.6 Å². The Labute approximate surface area is 181 Å². The van der Waals surface area contributed by atoms with E-state index in [4.69, 9.17) is 0 Å². The third-order valence-corrected chi connectivity index (χ3v) is 5.82. The van der Waals surface area contributed by atoms with Gasteiger partial charge in [-0.25, -0.2) is 9.48 Å². The number of rotatable bonds is 4. The summed E-state index contributed by atoms with van der Waals surface area (Å²) < 4.78 is 2.43. The first kappa shape index (κ1) is 19.9. The van der Waals surface area contributed by atoms with Gasteiger partial charge in [-0.1, -0.05) is 40.2 Å². The molecular formula is C22H19BrN4O3. The maximum absolute atomic E-state index is 12.9. The number of carbonyl (C=O) groups excluding carboxylic acids is 1. The Bertz CT molecular complexity index is 1200. The largest absolute Gasteiger partial charge is 0.477 e. The van der Waals surface area contributed by atoms with Gasteiger partial charge < -0.3 is 15.7 Å². The van der Waals surface area contributed by atoms with Crippen LogP contribution in [0.5, 0.6) is 0 Å². The molecule has 1 aliphatic heterocycles. The highest BCUT2D eigenvalue weighted by Gasteiger charge is 2.30. The first-order valence-corrected chi connectivity index (χ1v) is 10.1. The van der Waals surface area contributed by atoms with Crippen LogP contribution in [-0.2, 0) is 4.79 Å². The molecule has 1 aliphatic rings. The van der Waals surface area contributed by atoms with Crippen molar-refractivity contribution in [2.45, 2.75) is 19.9 Å². The molecule has 4 rings (SSSR count). The van der Waals surface area contributed by atoms with Crippen LogP contribution in [0.4, 0.5) is 11.5 Å². The molecule has 1 amide bonds. The van der Waals surface area contributed by atoms with Crippen molar-refractivity contribution >= 4 is 39.3 Å². The number of carbonyl (C=O) groups is 2. The molecule has 30 heavy (non-hydrogen) atoms. The Morgan fingerprint density at radius 3 is 2.63 bits per heavy atom. The third kappa shape index (κ3) is 3.61. The Kier molecular flexibility index (Phi) is 5.17. The molecule has 3 N–H and O–H groups in total. The van der Waals surface area contributed by atoms with Crippen LogP contribution in [0.1, 0.15) is 33.1 Å². The number of anilines is 2. The predicted molar refractivity (Wildman–Crippen MR) is 118 cm³/mol. The van der Waals surface area contributed by atoms with Gasteiger partial charge in [0.1, 0.15) is 23.1 Å². The molecule has 1 atom stereocenters. The summed E-state index contributed by atoms with van der Waals surface area (Å²) in [4.78, 5) is 24.7. The molecule has 152 valence electrons. The topological polar surface area (TPSA) is 96.3 Å². The molecule has 1 aromatic heterocycles.